The van der Waals surface area contributed by atoms with Crippen molar-refractivity contribution >= 4 is 29.0 Å². The first-order chi connectivity index (χ1) is 11.6. The molecule has 1 aromatic heterocycles. The van der Waals surface area contributed by atoms with E-state index in [0.29, 0.717) is 12.1 Å². The van der Waals surface area contributed by atoms with E-state index in [1.807, 2.05) is 49.4 Å². The zero-order chi connectivity index (χ0) is 17.1. The van der Waals surface area contributed by atoms with Crippen molar-refractivity contribution in [2.24, 2.45) is 10.7 Å². The highest BCUT2D eigenvalue weighted by molar-refractivity contribution is 5.99. The van der Waals surface area contributed by atoms with E-state index in [9.17, 15) is 4.79 Å². The molecule has 0 bridgehead atoms. The fourth-order valence-corrected chi connectivity index (χ4v) is 2.75. The van der Waals surface area contributed by atoms with Crippen molar-refractivity contribution < 1.29 is 4.79 Å². The van der Waals surface area contributed by atoms with Crippen molar-refractivity contribution in [3.05, 3.63) is 59.7 Å². The van der Waals surface area contributed by atoms with E-state index in [-0.39, 0.29) is 5.96 Å². The van der Waals surface area contributed by atoms with Gasteiger partial charge in [-0.25, -0.2) is 9.98 Å². The number of rotatable bonds is 3. The number of carbonyl (C=O) groups is 1. The number of hydrogen-bond acceptors (Lipinski definition) is 3. The maximum Gasteiger partial charge on any atom is 0.213 e. The number of hydrogen-bond donors (Lipinski definition) is 2. The molecule has 24 heavy (non-hydrogen) atoms. The topological polar surface area (TPSA) is 80.4 Å². The minimum Gasteiger partial charge on any atom is -0.369 e. The Kier molecular flexibility index (Phi) is 4.24. The zero-order valence-electron chi connectivity index (χ0n) is 13.6. The molecule has 3 N–H and O–H groups in total. The van der Waals surface area contributed by atoms with Crippen LogP contribution in [0.15, 0.2) is 53.5 Å². The van der Waals surface area contributed by atoms with Gasteiger partial charge in [0.2, 0.25) is 6.41 Å². The molecule has 0 unspecified atom stereocenters. The highest BCUT2D eigenvalue weighted by Gasteiger charge is 2.14. The van der Waals surface area contributed by atoms with Crippen LogP contribution in [0.5, 0.6) is 0 Å². The molecule has 5 heteroatoms. The van der Waals surface area contributed by atoms with Crippen LogP contribution in [-0.2, 0) is 4.79 Å². The molecule has 3 rings (SSSR count). The SMILES string of the molecule is Cc1ccccc1-c1nc2ccccc2c(N=C(N)NC=O)c1C. The Balaban J connectivity index is 2.33. The lowest BCUT2D eigenvalue weighted by Gasteiger charge is -2.13. The van der Waals surface area contributed by atoms with Gasteiger partial charge >= 0.3 is 0 Å². The average Bonchev–Trinajstić information content (AvgIpc) is 2.58. The van der Waals surface area contributed by atoms with Gasteiger partial charge in [-0.2, -0.15) is 0 Å². The molecule has 0 atom stereocenters. The highest BCUT2D eigenvalue weighted by Crippen LogP contribution is 2.36. The van der Waals surface area contributed by atoms with E-state index in [1.165, 1.54) is 0 Å². The largest absolute Gasteiger partial charge is 0.369 e. The first-order valence-corrected chi connectivity index (χ1v) is 7.61. The van der Waals surface area contributed by atoms with Crippen LogP contribution in [-0.4, -0.2) is 17.4 Å². The summed E-state index contributed by atoms with van der Waals surface area (Å²) in [5.41, 5.74) is 11.3. The maximum absolute atomic E-state index is 10.6. The number of nitrogens with one attached hydrogen (secondary N) is 1. The van der Waals surface area contributed by atoms with Gasteiger partial charge in [-0.3, -0.25) is 10.1 Å². The van der Waals surface area contributed by atoms with Gasteiger partial charge in [-0.1, -0.05) is 42.5 Å². The van der Waals surface area contributed by atoms with Gasteiger partial charge in [-0.15, -0.1) is 0 Å². The first kappa shape index (κ1) is 15.7. The lowest BCUT2D eigenvalue weighted by Crippen LogP contribution is -2.29. The molecule has 0 spiro atoms. The van der Waals surface area contributed by atoms with E-state index in [2.05, 4.69) is 23.3 Å². The third-order valence-electron chi connectivity index (χ3n) is 3.94. The second-order valence-electron chi connectivity index (χ2n) is 5.53. The predicted molar refractivity (Wildman–Crippen MR) is 97.1 cm³/mol. The van der Waals surface area contributed by atoms with Crippen molar-refractivity contribution in [3.63, 3.8) is 0 Å². The molecule has 0 saturated carbocycles. The Morgan fingerprint density at radius 1 is 1.12 bits per heavy atom. The van der Waals surface area contributed by atoms with Crippen molar-refractivity contribution in [3.8, 4) is 11.3 Å². The average molecular weight is 318 g/mol. The van der Waals surface area contributed by atoms with Gasteiger partial charge in [-0.05, 0) is 25.5 Å². The lowest BCUT2D eigenvalue weighted by molar-refractivity contribution is -0.108. The number of nitrogens with two attached hydrogens (primary N) is 1. The van der Waals surface area contributed by atoms with Crippen LogP contribution in [0.25, 0.3) is 22.2 Å². The number of pyridine rings is 1. The third-order valence-corrected chi connectivity index (χ3v) is 3.94. The van der Waals surface area contributed by atoms with Gasteiger partial charge < -0.3 is 5.73 Å². The highest BCUT2D eigenvalue weighted by atomic mass is 16.1. The summed E-state index contributed by atoms with van der Waals surface area (Å²) in [5.74, 6) is 0.0557. The Hall–Kier alpha value is -3.21. The number of fused-ring (bicyclic) bond motifs is 1. The smallest absolute Gasteiger partial charge is 0.213 e. The maximum atomic E-state index is 10.6. The van der Waals surface area contributed by atoms with Gasteiger partial charge in [0.05, 0.1) is 16.9 Å². The molecular weight excluding hydrogens is 300 g/mol. The van der Waals surface area contributed by atoms with E-state index in [4.69, 9.17) is 10.7 Å². The summed E-state index contributed by atoms with van der Waals surface area (Å²) < 4.78 is 0. The number of aliphatic imine (C=N–C) groups is 1. The number of guanidine groups is 1. The summed E-state index contributed by atoms with van der Waals surface area (Å²) in [7, 11) is 0. The number of aryl methyl sites for hydroxylation is 1. The van der Waals surface area contributed by atoms with Crippen LogP contribution in [0.1, 0.15) is 11.1 Å². The molecule has 2 aromatic carbocycles. The molecule has 0 fully saturated rings. The molecule has 1 amide bonds. The van der Waals surface area contributed by atoms with Crippen molar-refractivity contribution in [1.29, 1.82) is 0 Å². The van der Waals surface area contributed by atoms with Crippen molar-refractivity contribution in [1.82, 2.24) is 10.3 Å². The van der Waals surface area contributed by atoms with E-state index in [0.717, 1.165) is 33.3 Å². The normalized spacial score (nSPS) is 11.5. The van der Waals surface area contributed by atoms with Crippen LogP contribution in [0.2, 0.25) is 0 Å². The summed E-state index contributed by atoms with van der Waals surface area (Å²) in [6.45, 7) is 4.02. The molecule has 0 aliphatic carbocycles. The van der Waals surface area contributed by atoms with Crippen molar-refractivity contribution in [2.75, 3.05) is 0 Å². The fraction of sp³-hybridized carbons (Fsp3) is 0.105. The molecule has 0 radical (unpaired) electrons. The second-order valence-corrected chi connectivity index (χ2v) is 5.53. The number of amides is 1. The van der Waals surface area contributed by atoms with Crippen LogP contribution in [0, 0.1) is 13.8 Å². The number of nitrogens with zero attached hydrogens (tertiary/aromatic N) is 2. The summed E-state index contributed by atoms with van der Waals surface area (Å²) >= 11 is 0. The lowest BCUT2D eigenvalue weighted by atomic mass is 9.99. The van der Waals surface area contributed by atoms with Crippen LogP contribution in [0.3, 0.4) is 0 Å². The molecular formula is C19H18N4O. The number of para-hydroxylation sites is 1. The van der Waals surface area contributed by atoms with Gasteiger partial charge in [0.15, 0.2) is 5.96 Å². The molecule has 1 heterocycles. The van der Waals surface area contributed by atoms with E-state index >= 15 is 0 Å². The van der Waals surface area contributed by atoms with Crippen LogP contribution < -0.4 is 11.1 Å². The Morgan fingerprint density at radius 2 is 1.83 bits per heavy atom. The quantitative estimate of drug-likeness (QED) is 0.442. The fourth-order valence-electron chi connectivity index (χ4n) is 2.75. The van der Waals surface area contributed by atoms with Crippen LogP contribution in [0.4, 0.5) is 5.69 Å². The summed E-state index contributed by atoms with van der Waals surface area (Å²) in [5, 5.41) is 3.27. The molecule has 0 aliphatic rings. The zero-order valence-corrected chi connectivity index (χ0v) is 13.6. The summed E-state index contributed by atoms with van der Waals surface area (Å²) in [6, 6.07) is 15.8. The molecule has 0 aliphatic heterocycles. The number of carbonyl (C=O) groups excluding carboxylic acids is 1. The summed E-state index contributed by atoms with van der Waals surface area (Å²) in [4.78, 5) is 19.8. The molecule has 5 nitrogen and oxygen atoms in total. The van der Waals surface area contributed by atoms with Crippen molar-refractivity contribution in [2.45, 2.75) is 13.8 Å². The van der Waals surface area contributed by atoms with Gasteiger partial charge in [0.1, 0.15) is 0 Å². The molecule has 0 saturated heterocycles. The Morgan fingerprint density at radius 3 is 2.58 bits per heavy atom. The third kappa shape index (κ3) is 2.84. The Labute approximate surface area is 140 Å². The number of aromatic nitrogens is 1. The van der Waals surface area contributed by atoms with Crippen LogP contribution >= 0.6 is 0 Å². The second kappa shape index (κ2) is 6.50. The monoisotopic (exact) mass is 318 g/mol. The van der Waals surface area contributed by atoms with E-state index in [1.54, 1.807) is 0 Å². The Bertz CT molecular complexity index is 947. The predicted octanol–water partition coefficient (Wildman–Crippen LogP) is 3.21. The molecule has 120 valence electrons. The molecule has 3 aromatic rings. The van der Waals surface area contributed by atoms with Gasteiger partial charge in [0, 0.05) is 16.5 Å². The summed E-state index contributed by atoms with van der Waals surface area (Å²) in [6.07, 6.45) is 0.514. The standard InChI is InChI=1S/C19H18N4O/c1-12-7-3-4-8-14(12)17-13(2)18(23-19(20)21-11-24)15-9-5-6-10-16(15)22-17/h3-11H,1-2H3,(H3,20,21,22,23,24). The van der Waals surface area contributed by atoms with Gasteiger partial charge in [0.25, 0.3) is 0 Å². The first-order valence-electron chi connectivity index (χ1n) is 7.61. The number of benzene rings is 2. The minimum absolute atomic E-state index is 0.0557. The minimum atomic E-state index is 0.0557. The van der Waals surface area contributed by atoms with E-state index < -0.39 is 0 Å².